The molecule has 0 spiro atoms. The van der Waals surface area contributed by atoms with Crippen LogP contribution in [0.15, 0.2) is 30.3 Å². The number of hydrogen-bond donors (Lipinski definition) is 2. The molecule has 1 saturated carbocycles. The Labute approximate surface area is 125 Å². The first-order chi connectivity index (χ1) is 10.1. The van der Waals surface area contributed by atoms with E-state index in [0.29, 0.717) is 19.4 Å². The lowest BCUT2D eigenvalue weighted by Crippen LogP contribution is -2.40. The first-order valence-electron chi connectivity index (χ1n) is 7.65. The SMILES string of the molecule is C[C@H](CNC(=O)[C@H]1CCCC[C@@H]1C(=O)O)c1ccccc1. The number of carbonyl (C=O) groups excluding carboxylic acids is 1. The van der Waals surface area contributed by atoms with Crippen LogP contribution >= 0.6 is 0 Å². The van der Waals surface area contributed by atoms with Crippen molar-refractivity contribution in [3.63, 3.8) is 0 Å². The Hall–Kier alpha value is -1.84. The van der Waals surface area contributed by atoms with E-state index >= 15 is 0 Å². The molecule has 0 aromatic heterocycles. The van der Waals surface area contributed by atoms with Crippen molar-refractivity contribution >= 4 is 11.9 Å². The van der Waals surface area contributed by atoms with E-state index in [-0.39, 0.29) is 17.7 Å². The Morgan fingerprint density at radius 1 is 1.19 bits per heavy atom. The summed E-state index contributed by atoms with van der Waals surface area (Å²) in [6.07, 6.45) is 3.14. The monoisotopic (exact) mass is 289 g/mol. The minimum atomic E-state index is -0.842. The maximum absolute atomic E-state index is 12.3. The molecule has 1 fully saturated rings. The maximum atomic E-state index is 12.3. The summed E-state index contributed by atoms with van der Waals surface area (Å²) in [5.74, 6) is -1.62. The molecule has 3 atom stereocenters. The molecule has 2 N–H and O–H groups in total. The molecule has 0 radical (unpaired) electrons. The van der Waals surface area contributed by atoms with Crippen LogP contribution in [0.4, 0.5) is 0 Å². The second-order valence-electron chi connectivity index (χ2n) is 5.89. The summed E-state index contributed by atoms with van der Waals surface area (Å²) in [5.41, 5.74) is 1.18. The van der Waals surface area contributed by atoms with Gasteiger partial charge in [0.25, 0.3) is 0 Å². The first kappa shape index (κ1) is 15.5. The standard InChI is InChI=1S/C17H23NO3/c1-12(13-7-3-2-4-8-13)11-18-16(19)14-9-5-6-10-15(14)17(20)21/h2-4,7-8,12,14-15H,5-6,9-11H2,1H3,(H,18,19)(H,20,21)/t12-,14+,15+/m1/s1. The highest BCUT2D eigenvalue weighted by atomic mass is 16.4. The lowest BCUT2D eigenvalue weighted by atomic mass is 9.78. The van der Waals surface area contributed by atoms with E-state index in [9.17, 15) is 14.7 Å². The van der Waals surface area contributed by atoms with Gasteiger partial charge >= 0.3 is 5.97 Å². The van der Waals surface area contributed by atoms with Crippen LogP contribution in [0.5, 0.6) is 0 Å². The van der Waals surface area contributed by atoms with E-state index in [1.807, 2.05) is 30.3 Å². The van der Waals surface area contributed by atoms with Gasteiger partial charge in [-0.1, -0.05) is 50.1 Å². The highest BCUT2D eigenvalue weighted by Gasteiger charge is 2.35. The van der Waals surface area contributed by atoms with Gasteiger partial charge in [-0.15, -0.1) is 0 Å². The van der Waals surface area contributed by atoms with Gasteiger partial charge in [0.2, 0.25) is 5.91 Å². The second-order valence-corrected chi connectivity index (χ2v) is 5.89. The van der Waals surface area contributed by atoms with Crippen LogP contribution in [0.2, 0.25) is 0 Å². The van der Waals surface area contributed by atoms with Gasteiger partial charge in [0.1, 0.15) is 0 Å². The smallest absolute Gasteiger partial charge is 0.307 e. The number of hydrogen-bond acceptors (Lipinski definition) is 2. The molecule has 0 aliphatic heterocycles. The molecule has 21 heavy (non-hydrogen) atoms. The summed E-state index contributed by atoms with van der Waals surface area (Å²) >= 11 is 0. The topological polar surface area (TPSA) is 66.4 Å². The third-order valence-electron chi connectivity index (χ3n) is 4.37. The number of carbonyl (C=O) groups is 2. The zero-order valence-electron chi connectivity index (χ0n) is 12.4. The van der Waals surface area contributed by atoms with Crippen LogP contribution < -0.4 is 5.32 Å². The molecule has 4 nitrogen and oxygen atoms in total. The summed E-state index contributed by atoms with van der Waals surface area (Å²) in [4.78, 5) is 23.5. The van der Waals surface area contributed by atoms with Gasteiger partial charge in [0.05, 0.1) is 11.8 Å². The number of carboxylic acids is 1. The zero-order chi connectivity index (χ0) is 15.2. The molecule has 1 aliphatic rings. The molecular formula is C17H23NO3. The number of aliphatic carboxylic acids is 1. The molecule has 0 heterocycles. The molecule has 114 valence electrons. The third kappa shape index (κ3) is 4.06. The van der Waals surface area contributed by atoms with Crippen LogP contribution in [-0.2, 0) is 9.59 Å². The number of benzene rings is 1. The fourth-order valence-corrected chi connectivity index (χ4v) is 3.02. The average molecular weight is 289 g/mol. The Bertz CT molecular complexity index is 486. The molecule has 0 bridgehead atoms. The summed E-state index contributed by atoms with van der Waals surface area (Å²) in [6, 6.07) is 10.0. The summed E-state index contributed by atoms with van der Waals surface area (Å²) < 4.78 is 0. The predicted octanol–water partition coefficient (Wildman–Crippen LogP) is 2.80. The molecule has 1 aromatic rings. The number of rotatable bonds is 5. The van der Waals surface area contributed by atoms with Gasteiger partial charge in [-0.25, -0.2) is 0 Å². The van der Waals surface area contributed by atoms with Crippen molar-refractivity contribution in [1.29, 1.82) is 0 Å². The van der Waals surface area contributed by atoms with Crippen LogP contribution in [0.25, 0.3) is 0 Å². The molecule has 2 rings (SSSR count). The quantitative estimate of drug-likeness (QED) is 0.876. The van der Waals surface area contributed by atoms with Crippen LogP contribution in [0, 0.1) is 11.8 Å². The average Bonchev–Trinajstić information content (AvgIpc) is 2.53. The van der Waals surface area contributed by atoms with E-state index in [1.165, 1.54) is 5.56 Å². The highest BCUT2D eigenvalue weighted by Crippen LogP contribution is 2.30. The van der Waals surface area contributed by atoms with Crippen molar-refractivity contribution in [1.82, 2.24) is 5.32 Å². The van der Waals surface area contributed by atoms with Crippen molar-refractivity contribution in [3.05, 3.63) is 35.9 Å². The van der Waals surface area contributed by atoms with Crippen molar-refractivity contribution in [2.45, 2.75) is 38.5 Å². The Morgan fingerprint density at radius 2 is 1.81 bits per heavy atom. The van der Waals surface area contributed by atoms with E-state index in [2.05, 4.69) is 12.2 Å². The minimum absolute atomic E-state index is 0.107. The maximum Gasteiger partial charge on any atom is 0.307 e. The summed E-state index contributed by atoms with van der Waals surface area (Å²) in [7, 11) is 0. The normalized spacial score (nSPS) is 23.3. The van der Waals surface area contributed by atoms with E-state index in [4.69, 9.17) is 0 Å². The second kappa shape index (κ2) is 7.25. The lowest BCUT2D eigenvalue weighted by Gasteiger charge is -2.28. The fourth-order valence-electron chi connectivity index (χ4n) is 3.02. The predicted molar refractivity (Wildman–Crippen MR) is 81.0 cm³/mol. The molecule has 4 heteroatoms. The Morgan fingerprint density at radius 3 is 2.43 bits per heavy atom. The lowest BCUT2D eigenvalue weighted by molar-refractivity contribution is -0.148. The van der Waals surface area contributed by atoms with Crippen molar-refractivity contribution in [3.8, 4) is 0 Å². The molecular weight excluding hydrogens is 266 g/mol. The van der Waals surface area contributed by atoms with Crippen molar-refractivity contribution < 1.29 is 14.7 Å². The first-order valence-corrected chi connectivity index (χ1v) is 7.65. The van der Waals surface area contributed by atoms with Gasteiger partial charge in [-0.3, -0.25) is 9.59 Å². The van der Waals surface area contributed by atoms with Crippen LogP contribution in [0.3, 0.4) is 0 Å². The van der Waals surface area contributed by atoms with E-state index < -0.39 is 11.9 Å². The van der Waals surface area contributed by atoms with Crippen LogP contribution in [-0.4, -0.2) is 23.5 Å². The fraction of sp³-hybridized carbons (Fsp3) is 0.529. The molecule has 1 aromatic carbocycles. The summed E-state index contributed by atoms with van der Waals surface area (Å²) in [6.45, 7) is 2.61. The van der Waals surface area contributed by atoms with E-state index in [0.717, 1.165) is 12.8 Å². The molecule has 0 unspecified atom stereocenters. The Balaban J connectivity index is 1.90. The third-order valence-corrected chi connectivity index (χ3v) is 4.37. The van der Waals surface area contributed by atoms with Gasteiger partial charge in [0, 0.05) is 6.54 Å². The van der Waals surface area contributed by atoms with Gasteiger partial charge < -0.3 is 10.4 Å². The Kier molecular flexibility index (Phi) is 5.37. The summed E-state index contributed by atoms with van der Waals surface area (Å²) in [5, 5.41) is 12.2. The van der Waals surface area contributed by atoms with E-state index in [1.54, 1.807) is 0 Å². The van der Waals surface area contributed by atoms with Crippen LogP contribution in [0.1, 0.15) is 44.1 Å². The van der Waals surface area contributed by atoms with Gasteiger partial charge in [0.15, 0.2) is 0 Å². The largest absolute Gasteiger partial charge is 0.481 e. The zero-order valence-corrected chi connectivity index (χ0v) is 12.4. The highest BCUT2D eigenvalue weighted by molar-refractivity contribution is 5.84. The minimum Gasteiger partial charge on any atom is -0.481 e. The van der Waals surface area contributed by atoms with Crippen molar-refractivity contribution in [2.75, 3.05) is 6.54 Å². The van der Waals surface area contributed by atoms with Gasteiger partial charge in [-0.05, 0) is 24.3 Å². The van der Waals surface area contributed by atoms with Crippen molar-refractivity contribution in [2.24, 2.45) is 11.8 Å². The number of nitrogens with one attached hydrogen (secondary N) is 1. The molecule has 0 saturated heterocycles. The molecule has 1 amide bonds. The van der Waals surface area contributed by atoms with Gasteiger partial charge in [-0.2, -0.15) is 0 Å². The number of carboxylic acid groups (broad SMARTS) is 1. The molecule has 1 aliphatic carbocycles. The number of amides is 1.